The number of rotatable bonds is 6. The van der Waals surface area contributed by atoms with Gasteiger partial charge in [-0.1, -0.05) is 0 Å². The maximum Gasteiger partial charge on any atom is 0.410 e. The topological polar surface area (TPSA) is 133 Å². The Kier molecular flexibility index (Phi) is 5.69. The van der Waals surface area contributed by atoms with E-state index in [1.165, 1.54) is 24.3 Å². The number of ether oxygens (including phenoxy) is 1. The van der Waals surface area contributed by atoms with Crippen LogP contribution in [0.4, 0.5) is 10.5 Å². The van der Waals surface area contributed by atoms with Gasteiger partial charge in [-0.15, -0.1) is 0 Å². The van der Waals surface area contributed by atoms with Crippen LogP contribution in [0.2, 0.25) is 0 Å². The zero-order chi connectivity index (χ0) is 18.6. The van der Waals surface area contributed by atoms with Crippen molar-refractivity contribution in [2.75, 3.05) is 12.8 Å². The number of carbonyl (C=O) groups is 2. The van der Waals surface area contributed by atoms with Crippen molar-refractivity contribution in [2.24, 2.45) is 0 Å². The fourth-order valence-corrected chi connectivity index (χ4v) is 3.06. The van der Waals surface area contributed by atoms with E-state index in [1.807, 2.05) is 0 Å². The lowest BCUT2D eigenvalue weighted by molar-refractivity contribution is -0.384. The van der Waals surface area contributed by atoms with Gasteiger partial charge < -0.3 is 9.53 Å². The van der Waals surface area contributed by atoms with E-state index in [-0.39, 0.29) is 25.3 Å². The molecule has 1 amide bonds. The molecule has 0 N–H and O–H groups in total. The number of hydrogen-bond acceptors (Lipinski definition) is 8. The van der Waals surface area contributed by atoms with Crippen LogP contribution in [0.15, 0.2) is 24.3 Å². The molecule has 1 aromatic carbocycles. The molecule has 2 rings (SSSR count). The van der Waals surface area contributed by atoms with Crippen molar-refractivity contribution in [2.45, 2.75) is 25.2 Å². The van der Waals surface area contributed by atoms with Gasteiger partial charge in [0.05, 0.1) is 29.9 Å². The Labute approximate surface area is 143 Å². The molecule has 1 aliphatic rings. The Bertz CT molecular complexity index is 762. The third kappa shape index (κ3) is 5.22. The van der Waals surface area contributed by atoms with Gasteiger partial charge in [0.2, 0.25) is 0 Å². The van der Waals surface area contributed by atoms with Crippen molar-refractivity contribution in [3.05, 3.63) is 39.9 Å². The quantitative estimate of drug-likeness (QED) is 0.310. The summed E-state index contributed by atoms with van der Waals surface area (Å²) in [5.74, 6) is 0. The summed E-state index contributed by atoms with van der Waals surface area (Å²) in [6.07, 6.45) is -0.132. The lowest BCUT2D eigenvalue weighted by Gasteiger charge is -2.19. The molecule has 0 radical (unpaired) electrons. The lowest BCUT2D eigenvalue weighted by atomic mass is 10.2. The molecule has 11 heteroatoms. The van der Waals surface area contributed by atoms with E-state index in [2.05, 4.69) is 0 Å². The average molecular weight is 372 g/mol. The van der Waals surface area contributed by atoms with Gasteiger partial charge >= 0.3 is 6.09 Å². The number of likely N-dealkylation sites (tertiary alicyclic amines) is 1. The van der Waals surface area contributed by atoms with Crippen molar-refractivity contribution in [3.8, 4) is 0 Å². The highest BCUT2D eigenvalue weighted by atomic mass is 32.2. The van der Waals surface area contributed by atoms with E-state index < -0.39 is 33.3 Å². The monoisotopic (exact) mass is 372 g/mol. The number of nitro groups is 1. The second-order valence-corrected chi connectivity index (χ2v) is 7.09. The Hall–Kier alpha value is -2.53. The third-order valence-electron chi connectivity index (χ3n) is 3.52. The highest BCUT2D eigenvalue weighted by Gasteiger charge is 2.38. The number of amides is 1. The third-order valence-corrected chi connectivity index (χ3v) is 4.14. The fraction of sp³-hybridized carbons (Fsp3) is 0.429. The van der Waals surface area contributed by atoms with Crippen molar-refractivity contribution < 1.29 is 31.9 Å². The summed E-state index contributed by atoms with van der Waals surface area (Å²) in [6.45, 7) is -0.230. The Balaban J connectivity index is 1.95. The van der Waals surface area contributed by atoms with Gasteiger partial charge in [-0.25, -0.2) is 4.79 Å². The summed E-state index contributed by atoms with van der Waals surface area (Å²) >= 11 is 0. The summed E-state index contributed by atoms with van der Waals surface area (Å²) in [5, 5.41) is 10.6. The van der Waals surface area contributed by atoms with Gasteiger partial charge in [0.25, 0.3) is 15.8 Å². The molecule has 1 aliphatic heterocycles. The van der Waals surface area contributed by atoms with Crippen LogP contribution in [0.25, 0.3) is 0 Å². The van der Waals surface area contributed by atoms with E-state index in [0.717, 1.165) is 11.2 Å². The van der Waals surface area contributed by atoms with E-state index >= 15 is 0 Å². The summed E-state index contributed by atoms with van der Waals surface area (Å²) in [5.41, 5.74) is 0.445. The summed E-state index contributed by atoms with van der Waals surface area (Å²) in [6, 6.07) is 4.62. The van der Waals surface area contributed by atoms with E-state index in [0.29, 0.717) is 11.8 Å². The fourth-order valence-electron chi connectivity index (χ4n) is 2.42. The van der Waals surface area contributed by atoms with Gasteiger partial charge in [0, 0.05) is 18.6 Å². The Morgan fingerprint density at radius 2 is 2.04 bits per heavy atom. The molecule has 0 spiro atoms. The second kappa shape index (κ2) is 7.57. The van der Waals surface area contributed by atoms with Gasteiger partial charge in [-0.05, 0) is 17.7 Å². The van der Waals surface area contributed by atoms with Gasteiger partial charge in [-0.2, -0.15) is 8.42 Å². The zero-order valence-corrected chi connectivity index (χ0v) is 14.0. The van der Waals surface area contributed by atoms with Gasteiger partial charge in [0.1, 0.15) is 12.9 Å². The first-order valence-corrected chi connectivity index (χ1v) is 9.01. The molecule has 25 heavy (non-hydrogen) atoms. The van der Waals surface area contributed by atoms with E-state index in [9.17, 15) is 28.1 Å². The van der Waals surface area contributed by atoms with Crippen LogP contribution >= 0.6 is 0 Å². The molecule has 136 valence electrons. The molecular formula is C14H16N2O8S. The van der Waals surface area contributed by atoms with Crippen molar-refractivity contribution in [1.82, 2.24) is 4.90 Å². The largest absolute Gasteiger partial charge is 0.445 e. The molecule has 0 saturated carbocycles. The van der Waals surface area contributed by atoms with Crippen LogP contribution < -0.4 is 0 Å². The number of benzene rings is 1. The standard InChI is InChI=1S/C14H16N2O8S/c1-25(21,22)24-13-6-12(8-17)15(7-13)14(18)23-9-10-2-4-11(5-3-10)16(19)20/h2-5,8,12-13H,6-7,9H2,1H3/t12-,13+/m0/s1. The number of non-ortho nitro benzene ring substituents is 1. The number of hydrogen-bond donors (Lipinski definition) is 0. The molecule has 10 nitrogen and oxygen atoms in total. The van der Waals surface area contributed by atoms with E-state index in [1.54, 1.807) is 0 Å². The van der Waals surface area contributed by atoms with Gasteiger partial charge in [0.15, 0.2) is 0 Å². The predicted molar refractivity (Wildman–Crippen MR) is 84.2 cm³/mol. The van der Waals surface area contributed by atoms with Crippen LogP contribution in [0.3, 0.4) is 0 Å². The molecule has 2 atom stereocenters. The molecule has 1 aromatic rings. The molecular weight excluding hydrogens is 356 g/mol. The van der Waals surface area contributed by atoms with E-state index in [4.69, 9.17) is 8.92 Å². The highest BCUT2D eigenvalue weighted by molar-refractivity contribution is 7.86. The second-order valence-electron chi connectivity index (χ2n) is 5.49. The van der Waals surface area contributed by atoms with Crippen LogP contribution in [0.5, 0.6) is 0 Å². The normalized spacial score (nSPS) is 20.3. The molecule has 0 bridgehead atoms. The minimum absolute atomic E-state index is 0.0587. The smallest absolute Gasteiger partial charge is 0.410 e. The number of carbonyl (C=O) groups excluding carboxylic acids is 2. The summed E-state index contributed by atoms with van der Waals surface area (Å²) in [4.78, 5) is 34.3. The van der Waals surface area contributed by atoms with Crippen molar-refractivity contribution in [3.63, 3.8) is 0 Å². The lowest BCUT2D eigenvalue weighted by Crippen LogP contribution is -2.37. The van der Waals surface area contributed by atoms with Gasteiger partial charge in [-0.3, -0.25) is 19.2 Å². The minimum atomic E-state index is -3.70. The van der Waals surface area contributed by atoms with Crippen molar-refractivity contribution in [1.29, 1.82) is 0 Å². The van der Waals surface area contributed by atoms with Crippen LogP contribution in [0.1, 0.15) is 12.0 Å². The maximum absolute atomic E-state index is 12.1. The first-order chi connectivity index (χ1) is 11.7. The molecule has 1 saturated heterocycles. The first kappa shape index (κ1) is 18.8. The zero-order valence-electron chi connectivity index (χ0n) is 13.2. The number of nitrogens with zero attached hydrogens (tertiary/aromatic N) is 2. The summed E-state index contributed by atoms with van der Waals surface area (Å²) in [7, 11) is -3.70. The predicted octanol–water partition coefficient (Wildman–Crippen LogP) is 0.849. The minimum Gasteiger partial charge on any atom is -0.445 e. The maximum atomic E-state index is 12.1. The molecule has 1 heterocycles. The molecule has 0 unspecified atom stereocenters. The Morgan fingerprint density at radius 3 is 2.56 bits per heavy atom. The summed E-state index contributed by atoms with van der Waals surface area (Å²) < 4.78 is 32.2. The molecule has 1 fully saturated rings. The number of aldehydes is 1. The van der Waals surface area contributed by atoms with Crippen LogP contribution in [-0.2, 0) is 30.4 Å². The van der Waals surface area contributed by atoms with Crippen molar-refractivity contribution >= 4 is 28.2 Å². The SMILES string of the molecule is CS(=O)(=O)O[C@@H]1C[C@@H](C=O)N(C(=O)OCc2ccc([N+](=O)[O-])cc2)C1. The average Bonchev–Trinajstić information content (AvgIpc) is 2.94. The molecule has 0 aromatic heterocycles. The first-order valence-electron chi connectivity index (χ1n) is 7.20. The molecule has 0 aliphatic carbocycles. The highest BCUT2D eigenvalue weighted by Crippen LogP contribution is 2.22. The number of nitro benzene ring substituents is 1. The van der Waals surface area contributed by atoms with Crippen LogP contribution in [0, 0.1) is 10.1 Å². The Morgan fingerprint density at radius 1 is 1.40 bits per heavy atom. The van der Waals surface area contributed by atoms with Crippen LogP contribution in [-0.4, -0.2) is 55.6 Å².